The lowest BCUT2D eigenvalue weighted by molar-refractivity contribution is -0.105. The summed E-state index contributed by atoms with van der Waals surface area (Å²) in [5.41, 5.74) is 0.690. The van der Waals surface area contributed by atoms with Gasteiger partial charge in [0, 0.05) is 13.2 Å². The summed E-state index contributed by atoms with van der Waals surface area (Å²) in [6.45, 7) is 5.26. The van der Waals surface area contributed by atoms with E-state index in [4.69, 9.17) is 4.74 Å². The van der Waals surface area contributed by atoms with Crippen molar-refractivity contribution in [3.05, 3.63) is 12.2 Å². The molecule has 10 heavy (non-hydrogen) atoms. The highest BCUT2D eigenvalue weighted by Crippen LogP contribution is 2.18. The Hall–Kier alpha value is -0.630. The van der Waals surface area contributed by atoms with E-state index >= 15 is 0 Å². The van der Waals surface area contributed by atoms with E-state index in [1.807, 2.05) is 0 Å². The smallest absolute Gasteiger partial charge is 0.145 e. The average molecular weight is 140 g/mol. The molecule has 2 nitrogen and oxygen atoms in total. The molecule has 0 aliphatic carbocycles. The van der Waals surface area contributed by atoms with Gasteiger partial charge in [-0.25, -0.2) is 0 Å². The zero-order valence-electron chi connectivity index (χ0n) is 6.01. The first-order valence-corrected chi connectivity index (χ1v) is 3.53. The normalized spacial score (nSPS) is 24.6. The van der Waals surface area contributed by atoms with E-state index in [0.29, 0.717) is 11.5 Å². The highest BCUT2D eigenvalue weighted by atomic mass is 16.5. The first-order valence-electron chi connectivity index (χ1n) is 3.53. The number of allylic oxidation sites excluding steroid dienone is 1. The summed E-state index contributed by atoms with van der Waals surface area (Å²) in [5.74, 6) is 0.540. The molecule has 56 valence electrons. The van der Waals surface area contributed by atoms with Crippen molar-refractivity contribution in [3.63, 3.8) is 0 Å². The molecule has 0 aromatic carbocycles. The van der Waals surface area contributed by atoms with Gasteiger partial charge in [-0.15, -0.1) is 0 Å². The van der Waals surface area contributed by atoms with Gasteiger partial charge < -0.3 is 4.74 Å². The summed E-state index contributed by atoms with van der Waals surface area (Å²) < 4.78 is 5.15. The lowest BCUT2D eigenvalue weighted by atomic mass is 10.0. The highest BCUT2D eigenvalue weighted by Gasteiger charge is 2.15. The molecular formula is C8H12O2. The summed E-state index contributed by atoms with van der Waals surface area (Å²) in [5, 5.41) is 0. The van der Waals surface area contributed by atoms with E-state index in [9.17, 15) is 4.79 Å². The van der Waals surface area contributed by atoms with Crippen molar-refractivity contribution in [1.29, 1.82) is 0 Å². The van der Waals surface area contributed by atoms with Crippen molar-refractivity contribution in [1.82, 2.24) is 0 Å². The summed E-state index contributed by atoms with van der Waals surface area (Å²) in [4.78, 5) is 10.2. The van der Waals surface area contributed by atoms with Gasteiger partial charge in [0.1, 0.15) is 6.29 Å². The zero-order valence-corrected chi connectivity index (χ0v) is 6.01. The molecule has 1 atom stereocenters. The maximum absolute atomic E-state index is 10.2. The highest BCUT2D eigenvalue weighted by molar-refractivity contribution is 5.71. The second-order valence-electron chi connectivity index (χ2n) is 2.71. The standard InChI is InChI=1S/C8H12O2/c1-7(5-9)4-8-2-3-10-6-8/h5,8H,1-4,6H2. The summed E-state index contributed by atoms with van der Waals surface area (Å²) in [6, 6.07) is 0. The Morgan fingerprint density at radius 3 is 3.10 bits per heavy atom. The van der Waals surface area contributed by atoms with Gasteiger partial charge in [-0.3, -0.25) is 4.79 Å². The van der Waals surface area contributed by atoms with E-state index < -0.39 is 0 Å². The monoisotopic (exact) mass is 140 g/mol. The van der Waals surface area contributed by atoms with E-state index in [0.717, 1.165) is 32.3 Å². The van der Waals surface area contributed by atoms with Crippen LogP contribution in [-0.4, -0.2) is 19.5 Å². The van der Waals surface area contributed by atoms with Crippen LogP contribution in [0, 0.1) is 5.92 Å². The van der Waals surface area contributed by atoms with Crippen molar-refractivity contribution in [2.24, 2.45) is 5.92 Å². The molecule has 0 radical (unpaired) electrons. The Kier molecular flexibility index (Phi) is 2.63. The van der Waals surface area contributed by atoms with Gasteiger partial charge in [-0.05, 0) is 24.3 Å². The summed E-state index contributed by atoms with van der Waals surface area (Å²) in [6.07, 6.45) is 2.72. The number of carbonyl (C=O) groups is 1. The molecule has 0 aromatic heterocycles. The van der Waals surface area contributed by atoms with E-state index in [1.54, 1.807) is 0 Å². The van der Waals surface area contributed by atoms with Gasteiger partial charge >= 0.3 is 0 Å². The molecule has 0 bridgehead atoms. The van der Waals surface area contributed by atoms with Crippen LogP contribution in [0.5, 0.6) is 0 Å². The van der Waals surface area contributed by atoms with Crippen LogP contribution in [-0.2, 0) is 9.53 Å². The minimum Gasteiger partial charge on any atom is -0.381 e. The van der Waals surface area contributed by atoms with Gasteiger partial charge in [0.25, 0.3) is 0 Å². The number of ether oxygens (including phenoxy) is 1. The largest absolute Gasteiger partial charge is 0.381 e. The molecular weight excluding hydrogens is 128 g/mol. The lowest BCUT2D eigenvalue weighted by Gasteiger charge is -2.03. The molecule has 2 heteroatoms. The van der Waals surface area contributed by atoms with Gasteiger partial charge in [0.2, 0.25) is 0 Å². The van der Waals surface area contributed by atoms with Crippen LogP contribution in [0.4, 0.5) is 0 Å². The SMILES string of the molecule is C=C(C=O)CC1CCOC1. The summed E-state index contributed by atoms with van der Waals surface area (Å²) in [7, 11) is 0. The van der Waals surface area contributed by atoms with Crippen molar-refractivity contribution in [3.8, 4) is 0 Å². The van der Waals surface area contributed by atoms with Gasteiger partial charge in [-0.2, -0.15) is 0 Å². The number of carbonyl (C=O) groups excluding carboxylic acids is 1. The van der Waals surface area contributed by atoms with Crippen molar-refractivity contribution in [2.75, 3.05) is 13.2 Å². The Bertz CT molecular complexity index is 134. The molecule has 1 aliphatic heterocycles. The van der Waals surface area contributed by atoms with Crippen LogP contribution in [0.3, 0.4) is 0 Å². The molecule has 0 amide bonds. The van der Waals surface area contributed by atoms with Gasteiger partial charge in [0.05, 0.1) is 0 Å². The van der Waals surface area contributed by atoms with E-state index in [-0.39, 0.29) is 0 Å². The Balaban J connectivity index is 2.23. The van der Waals surface area contributed by atoms with Crippen molar-refractivity contribution >= 4 is 6.29 Å². The predicted octanol–water partition coefficient (Wildman–Crippen LogP) is 1.17. The quantitative estimate of drug-likeness (QED) is 0.434. The second kappa shape index (κ2) is 3.52. The maximum Gasteiger partial charge on any atom is 0.145 e. The van der Waals surface area contributed by atoms with Crippen LogP contribution in [0.2, 0.25) is 0 Å². The van der Waals surface area contributed by atoms with Crippen LogP contribution in [0.1, 0.15) is 12.8 Å². The molecule has 0 saturated carbocycles. The molecule has 1 rings (SSSR count). The third-order valence-corrected chi connectivity index (χ3v) is 1.74. The predicted molar refractivity (Wildman–Crippen MR) is 38.7 cm³/mol. The van der Waals surface area contributed by atoms with Crippen LogP contribution in [0.25, 0.3) is 0 Å². The zero-order chi connectivity index (χ0) is 7.40. The first kappa shape index (κ1) is 7.48. The second-order valence-corrected chi connectivity index (χ2v) is 2.71. The minimum absolute atomic E-state index is 0.540. The number of aldehydes is 1. The Labute approximate surface area is 60.9 Å². The van der Waals surface area contributed by atoms with Gasteiger partial charge in [-0.1, -0.05) is 6.58 Å². The molecule has 1 fully saturated rings. The fourth-order valence-corrected chi connectivity index (χ4v) is 1.16. The summed E-state index contributed by atoms with van der Waals surface area (Å²) >= 11 is 0. The number of hydrogen-bond acceptors (Lipinski definition) is 2. The molecule has 1 unspecified atom stereocenters. The fraction of sp³-hybridized carbons (Fsp3) is 0.625. The van der Waals surface area contributed by atoms with Gasteiger partial charge in [0.15, 0.2) is 0 Å². The van der Waals surface area contributed by atoms with E-state index in [2.05, 4.69) is 6.58 Å². The molecule has 0 N–H and O–H groups in total. The third kappa shape index (κ3) is 1.95. The Morgan fingerprint density at radius 1 is 1.80 bits per heavy atom. The van der Waals surface area contributed by atoms with Crippen LogP contribution in [0.15, 0.2) is 12.2 Å². The molecule has 0 spiro atoms. The molecule has 0 aromatic rings. The van der Waals surface area contributed by atoms with Crippen molar-refractivity contribution < 1.29 is 9.53 Å². The maximum atomic E-state index is 10.2. The molecule has 1 heterocycles. The third-order valence-electron chi connectivity index (χ3n) is 1.74. The first-order chi connectivity index (χ1) is 4.83. The van der Waals surface area contributed by atoms with Crippen LogP contribution >= 0.6 is 0 Å². The van der Waals surface area contributed by atoms with Crippen molar-refractivity contribution in [2.45, 2.75) is 12.8 Å². The minimum atomic E-state index is 0.540. The van der Waals surface area contributed by atoms with E-state index in [1.165, 1.54) is 0 Å². The topological polar surface area (TPSA) is 26.3 Å². The fourth-order valence-electron chi connectivity index (χ4n) is 1.16. The molecule has 1 saturated heterocycles. The molecule has 1 aliphatic rings. The lowest BCUT2D eigenvalue weighted by Crippen LogP contribution is -2.00. The average Bonchev–Trinajstić information content (AvgIpc) is 2.40. The number of rotatable bonds is 3. The van der Waals surface area contributed by atoms with Crippen LogP contribution < -0.4 is 0 Å². The Morgan fingerprint density at radius 2 is 2.60 bits per heavy atom. The number of hydrogen-bond donors (Lipinski definition) is 0.